The smallest absolute Gasteiger partial charge is 0.411 e. The van der Waals surface area contributed by atoms with Crippen molar-refractivity contribution in [1.82, 2.24) is 33.9 Å². The molecule has 0 bridgehead atoms. The number of benzene rings is 2. The number of ether oxygens (including phenoxy) is 1. The Bertz CT molecular complexity index is 1660. The minimum atomic E-state index is -0.545. The SMILES string of the molecule is O=C(Nc1cc2c(Nc3ccc4c(cnn4Cc4ccccc4)c3)ncnn2c1)OCCn1ccnc1. The van der Waals surface area contributed by atoms with Gasteiger partial charge in [-0.1, -0.05) is 30.3 Å². The van der Waals surface area contributed by atoms with E-state index in [0.29, 0.717) is 30.1 Å². The van der Waals surface area contributed by atoms with Gasteiger partial charge in [-0.3, -0.25) is 10.00 Å². The second kappa shape index (κ2) is 9.82. The third kappa shape index (κ3) is 4.96. The first kappa shape index (κ1) is 22.3. The standard InChI is InChI=1S/C26H23N9O2/c36-26(37-11-10-33-9-8-27-18-33)32-22-13-24-25(28-17-30-35(24)16-22)31-21-6-7-23-20(12-21)14-29-34(23)15-19-4-2-1-3-5-19/h1-9,12-14,16-18H,10-11,15H2,(H,32,36)(H,28,30,31). The van der Waals surface area contributed by atoms with Crippen LogP contribution >= 0.6 is 0 Å². The highest BCUT2D eigenvalue weighted by Gasteiger charge is 2.11. The van der Waals surface area contributed by atoms with Crippen LogP contribution in [0.2, 0.25) is 0 Å². The van der Waals surface area contributed by atoms with Crippen molar-refractivity contribution in [2.45, 2.75) is 13.1 Å². The Morgan fingerprint density at radius 2 is 1.92 bits per heavy atom. The fourth-order valence-corrected chi connectivity index (χ4v) is 4.09. The van der Waals surface area contributed by atoms with Gasteiger partial charge in [0, 0.05) is 23.5 Å². The topological polar surface area (TPSA) is 116 Å². The maximum atomic E-state index is 12.2. The van der Waals surface area contributed by atoms with Crippen molar-refractivity contribution in [3.63, 3.8) is 0 Å². The number of carbonyl (C=O) groups is 1. The highest BCUT2D eigenvalue weighted by atomic mass is 16.5. The van der Waals surface area contributed by atoms with E-state index in [-0.39, 0.29) is 6.61 Å². The van der Waals surface area contributed by atoms with Crippen LogP contribution in [0.1, 0.15) is 5.56 Å². The summed E-state index contributed by atoms with van der Waals surface area (Å²) in [5, 5.41) is 15.9. The monoisotopic (exact) mass is 493 g/mol. The van der Waals surface area contributed by atoms with E-state index in [1.807, 2.05) is 58.0 Å². The number of nitrogens with zero attached hydrogens (tertiary/aromatic N) is 7. The lowest BCUT2D eigenvalue weighted by atomic mass is 10.2. The maximum absolute atomic E-state index is 12.2. The summed E-state index contributed by atoms with van der Waals surface area (Å²) in [6.07, 6.45) is 9.63. The van der Waals surface area contributed by atoms with Crippen molar-refractivity contribution in [2.24, 2.45) is 0 Å². The number of hydrogen-bond donors (Lipinski definition) is 2. The van der Waals surface area contributed by atoms with E-state index in [9.17, 15) is 4.79 Å². The molecule has 1 amide bonds. The van der Waals surface area contributed by atoms with Crippen LogP contribution in [0.25, 0.3) is 16.4 Å². The van der Waals surface area contributed by atoms with Gasteiger partial charge in [-0.05, 0) is 29.8 Å². The molecule has 0 radical (unpaired) electrons. The number of amides is 1. The average molecular weight is 494 g/mol. The molecule has 0 unspecified atom stereocenters. The lowest BCUT2D eigenvalue weighted by Crippen LogP contribution is -2.16. The quantitative estimate of drug-likeness (QED) is 0.324. The zero-order valence-electron chi connectivity index (χ0n) is 19.7. The molecule has 4 aromatic heterocycles. The van der Waals surface area contributed by atoms with Crippen LogP contribution in [-0.4, -0.2) is 46.6 Å². The number of nitrogens with one attached hydrogen (secondary N) is 2. The summed E-state index contributed by atoms with van der Waals surface area (Å²) in [6, 6.07) is 18.1. The summed E-state index contributed by atoms with van der Waals surface area (Å²) >= 11 is 0. The predicted molar refractivity (Wildman–Crippen MR) is 139 cm³/mol. The summed E-state index contributed by atoms with van der Waals surface area (Å²) in [5.74, 6) is 0.604. The lowest BCUT2D eigenvalue weighted by Gasteiger charge is -2.08. The van der Waals surface area contributed by atoms with Crippen LogP contribution in [0.3, 0.4) is 0 Å². The molecule has 6 rings (SSSR count). The number of anilines is 3. The normalized spacial score (nSPS) is 11.1. The summed E-state index contributed by atoms with van der Waals surface area (Å²) < 4.78 is 10.7. The average Bonchev–Trinajstić information content (AvgIpc) is 3.65. The Labute approximate surface area is 211 Å². The molecule has 0 aliphatic carbocycles. The van der Waals surface area contributed by atoms with Crippen LogP contribution < -0.4 is 10.6 Å². The number of rotatable bonds is 8. The van der Waals surface area contributed by atoms with Gasteiger partial charge in [-0.25, -0.2) is 19.3 Å². The van der Waals surface area contributed by atoms with Gasteiger partial charge < -0.3 is 14.6 Å². The van der Waals surface area contributed by atoms with E-state index in [1.54, 1.807) is 29.3 Å². The number of imidazole rings is 1. The number of hydrogen-bond acceptors (Lipinski definition) is 7. The van der Waals surface area contributed by atoms with Gasteiger partial charge in [0.2, 0.25) is 0 Å². The summed E-state index contributed by atoms with van der Waals surface area (Å²) in [4.78, 5) is 20.6. The molecular formula is C26H23N9O2. The van der Waals surface area contributed by atoms with Crippen molar-refractivity contribution in [3.8, 4) is 0 Å². The molecule has 0 aliphatic rings. The maximum Gasteiger partial charge on any atom is 0.411 e. The third-order valence-corrected chi connectivity index (χ3v) is 5.87. The first-order valence-corrected chi connectivity index (χ1v) is 11.7. The van der Waals surface area contributed by atoms with Gasteiger partial charge in [0.1, 0.15) is 18.5 Å². The lowest BCUT2D eigenvalue weighted by molar-refractivity contribution is 0.157. The first-order valence-electron chi connectivity index (χ1n) is 11.7. The first-order chi connectivity index (χ1) is 18.2. The number of carbonyl (C=O) groups excluding carboxylic acids is 1. The molecule has 0 spiro atoms. The molecule has 37 heavy (non-hydrogen) atoms. The van der Waals surface area contributed by atoms with E-state index in [0.717, 1.165) is 16.6 Å². The van der Waals surface area contributed by atoms with Crippen LogP contribution in [0.5, 0.6) is 0 Å². The fourth-order valence-electron chi connectivity index (χ4n) is 4.09. The van der Waals surface area contributed by atoms with E-state index in [4.69, 9.17) is 4.74 Å². The van der Waals surface area contributed by atoms with E-state index >= 15 is 0 Å². The van der Waals surface area contributed by atoms with Gasteiger partial charge in [-0.15, -0.1) is 0 Å². The molecule has 2 N–H and O–H groups in total. The van der Waals surface area contributed by atoms with Crippen molar-refractivity contribution in [3.05, 3.63) is 97.6 Å². The molecule has 4 heterocycles. The zero-order chi connectivity index (χ0) is 25.0. The van der Waals surface area contributed by atoms with Gasteiger partial charge in [0.15, 0.2) is 5.82 Å². The molecule has 2 aromatic carbocycles. The van der Waals surface area contributed by atoms with Gasteiger partial charge in [0.25, 0.3) is 0 Å². The summed E-state index contributed by atoms with van der Waals surface area (Å²) in [6.45, 7) is 1.46. The Morgan fingerprint density at radius 3 is 2.78 bits per heavy atom. The van der Waals surface area contributed by atoms with Gasteiger partial charge >= 0.3 is 6.09 Å². The molecule has 0 aliphatic heterocycles. The van der Waals surface area contributed by atoms with Crippen molar-refractivity contribution >= 4 is 39.7 Å². The molecule has 0 atom stereocenters. The van der Waals surface area contributed by atoms with Gasteiger partial charge in [-0.2, -0.15) is 10.2 Å². The Balaban J connectivity index is 1.15. The Hall–Kier alpha value is -5.19. The van der Waals surface area contributed by atoms with Crippen LogP contribution in [-0.2, 0) is 17.8 Å². The van der Waals surface area contributed by atoms with Crippen LogP contribution in [0.15, 0.2) is 92.0 Å². The van der Waals surface area contributed by atoms with Crippen LogP contribution in [0, 0.1) is 0 Å². The molecule has 6 aromatic rings. The molecule has 11 heteroatoms. The van der Waals surface area contributed by atoms with E-state index < -0.39 is 6.09 Å². The molecule has 0 saturated heterocycles. The van der Waals surface area contributed by atoms with Crippen LogP contribution in [0.4, 0.5) is 22.0 Å². The largest absolute Gasteiger partial charge is 0.447 e. The third-order valence-electron chi connectivity index (χ3n) is 5.87. The van der Waals surface area contributed by atoms with Crippen molar-refractivity contribution < 1.29 is 9.53 Å². The zero-order valence-corrected chi connectivity index (χ0v) is 19.7. The summed E-state index contributed by atoms with van der Waals surface area (Å²) in [7, 11) is 0. The van der Waals surface area contributed by atoms with E-state index in [2.05, 4.69) is 42.9 Å². The number of fused-ring (bicyclic) bond motifs is 2. The van der Waals surface area contributed by atoms with Crippen molar-refractivity contribution in [2.75, 3.05) is 17.2 Å². The second-order valence-corrected chi connectivity index (χ2v) is 8.42. The second-order valence-electron chi connectivity index (χ2n) is 8.42. The minimum Gasteiger partial charge on any atom is -0.447 e. The Kier molecular flexibility index (Phi) is 5.91. The molecule has 0 fully saturated rings. The molecule has 0 saturated carbocycles. The minimum absolute atomic E-state index is 0.229. The van der Waals surface area contributed by atoms with Crippen molar-refractivity contribution in [1.29, 1.82) is 0 Å². The number of aromatic nitrogens is 7. The molecular weight excluding hydrogens is 470 g/mol. The van der Waals surface area contributed by atoms with E-state index in [1.165, 1.54) is 11.9 Å². The highest BCUT2D eigenvalue weighted by molar-refractivity contribution is 5.88. The predicted octanol–water partition coefficient (Wildman–Crippen LogP) is 4.32. The highest BCUT2D eigenvalue weighted by Crippen LogP contribution is 2.26. The van der Waals surface area contributed by atoms with Gasteiger partial charge in [0.05, 0.1) is 43.0 Å². The molecule has 11 nitrogen and oxygen atoms in total. The Morgan fingerprint density at radius 1 is 1.00 bits per heavy atom. The fraction of sp³-hybridized carbons (Fsp3) is 0.115. The molecule has 184 valence electrons. The summed E-state index contributed by atoms with van der Waals surface area (Å²) in [5.41, 5.74) is 4.35.